The van der Waals surface area contributed by atoms with Crippen LogP contribution in [0.2, 0.25) is 0 Å². The van der Waals surface area contributed by atoms with Gasteiger partial charge in [-0.25, -0.2) is 4.98 Å². The summed E-state index contributed by atoms with van der Waals surface area (Å²) in [5.74, 6) is 0.785. The Hall–Kier alpha value is -3.33. The zero-order chi connectivity index (χ0) is 24.1. The Morgan fingerprint density at radius 3 is 2.56 bits per heavy atom. The highest BCUT2D eigenvalue weighted by Crippen LogP contribution is 2.31. The number of esters is 1. The minimum atomic E-state index is -4.38. The van der Waals surface area contributed by atoms with Crippen molar-refractivity contribution in [3.63, 3.8) is 0 Å². The van der Waals surface area contributed by atoms with E-state index < -0.39 is 11.7 Å². The first-order valence-electron chi connectivity index (χ1n) is 11.0. The molecule has 0 amide bonds. The molecule has 1 aliphatic rings. The van der Waals surface area contributed by atoms with Crippen molar-refractivity contribution in [3.8, 4) is 17.2 Å². The molecule has 0 spiro atoms. The lowest BCUT2D eigenvalue weighted by Crippen LogP contribution is -2.36. The topological polar surface area (TPSA) is 64.8 Å². The number of benzene rings is 2. The second kappa shape index (κ2) is 10.3. The van der Waals surface area contributed by atoms with Crippen molar-refractivity contribution in [2.24, 2.45) is 0 Å². The second-order valence-electron chi connectivity index (χ2n) is 8.11. The lowest BCUT2D eigenvalue weighted by molar-refractivity contribution is -0.146. The number of likely N-dealkylation sites (tertiary alicyclic amines) is 1. The van der Waals surface area contributed by atoms with Crippen LogP contribution in [0.15, 0.2) is 59.2 Å². The van der Waals surface area contributed by atoms with Gasteiger partial charge >= 0.3 is 12.1 Å². The number of ether oxygens (including phenoxy) is 2. The zero-order valence-corrected chi connectivity index (χ0v) is 18.7. The first-order valence-corrected chi connectivity index (χ1v) is 11.0. The molecule has 0 aliphatic carbocycles. The molecule has 1 atom stereocenters. The Labute approximate surface area is 195 Å². The van der Waals surface area contributed by atoms with Crippen LogP contribution in [0.25, 0.3) is 11.5 Å². The number of alkyl halides is 3. The molecule has 1 unspecified atom stereocenters. The number of halogens is 3. The maximum Gasteiger partial charge on any atom is 0.416 e. The molecule has 4 rings (SSSR count). The van der Waals surface area contributed by atoms with Gasteiger partial charge in [0.2, 0.25) is 5.89 Å². The molecule has 0 bridgehead atoms. The van der Waals surface area contributed by atoms with Gasteiger partial charge in [0.25, 0.3) is 0 Å². The number of carbonyl (C=O) groups excluding carboxylic acids is 1. The molecule has 0 saturated carbocycles. The van der Waals surface area contributed by atoms with Crippen LogP contribution < -0.4 is 4.74 Å². The number of methoxy groups -OCH3 is 1. The standard InChI is InChI=1S/C25H25F3N2O4/c1-32-24(31)22-3-2-13-30(22)15-17-4-10-21(11-5-17)33-14-12-20-16-34-23(29-20)18-6-8-19(9-7-18)25(26,27)28/h4-11,16,22H,2-3,12-15H2,1H3. The van der Waals surface area contributed by atoms with Crippen LogP contribution in [0.1, 0.15) is 29.7 Å². The third-order valence-corrected chi connectivity index (χ3v) is 5.78. The van der Waals surface area contributed by atoms with Crippen LogP contribution >= 0.6 is 0 Å². The molecule has 1 fully saturated rings. The number of hydrogen-bond donors (Lipinski definition) is 0. The Kier molecular flexibility index (Phi) is 7.21. The number of aromatic nitrogens is 1. The lowest BCUT2D eigenvalue weighted by Gasteiger charge is -2.22. The van der Waals surface area contributed by atoms with Crippen molar-refractivity contribution in [1.82, 2.24) is 9.88 Å². The molecule has 1 aromatic heterocycles. The maximum absolute atomic E-state index is 12.7. The first-order chi connectivity index (χ1) is 16.3. The van der Waals surface area contributed by atoms with Gasteiger partial charge in [0.1, 0.15) is 18.1 Å². The van der Waals surface area contributed by atoms with Crippen molar-refractivity contribution in [2.45, 2.75) is 38.0 Å². The Morgan fingerprint density at radius 1 is 1.15 bits per heavy atom. The third kappa shape index (κ3) is 5.77. The molecule has 180 valence electrons. The summed E-state index contributed by atoms with van der Waals surface area (Å²) < 4.78 is 54.2. The normalized spacial score (nSPS) is 16.5. The SMILES string of the molecule is COC(=O)C1CCCN1Cc1ccc(OCCc2coc(-c3ccc(C(F)(F)F)cc3)n2)cc1. The molecular formula is C25H25F3N2O4. The molecule has 0 N–H and O–H groups in total. The van der Waals surface area contributed by atoms with Crippen LogP contribution in [-0.4, -0.2) is 42.2 Å². The molecule has 3 aromatic rings. The predicted octanol–water partition coefficient (Wildman–Crippen LogP) is 5.12. The Morgan fingerprint density at radius 2 is 1.88 bits per heavy atom. The summed E-state index contributed by atoms with van der Waals surface area (Å²) in [5.41, 5.74) is 1.49. The number of oxazole rings is 1. The number of rotatable bonds is 8. The van der Waals surface area contributed by atoms with E-state index in [0.29, 0.717) is 36.6 Å². The van der Waals surface area contributed by atoms with E-state index in [2.05, 4.69) is 9.88 Å². The van der Waals surface area contributed by atoms with Crippen LogP contribution in [0, 0.1) is 0 Å². The van der Waals surface area contributed by atoms with Crippen molar-refractivity contribution in [3.05, 3.63) is 71.6 Å². The monoisotopic (exact) mass is 474 g/mol. The van der Waals surface area contributed by atoms with Gasteiger partial charge in [-0.3, -0.25) is 9.69 Å². The fourth-order valence-electron chi connectivity index (χ4n) is 3.97. The summed E-state index contributed by atoms with van der Waals surface area (Å²) in [7, 11) is 1.42. The van der Waals surface area contributed by atoms with Crippen LogP contribution in [0.3, 0.4) is 0 Å². The summed E-state index contributed by atoms with van der Waals surface area (Å²) in [6.07, 6.45) is -0.622. The summed E-state index contributed by atoms with van der Waals surface area (Å²) in [4.78, 5) is 18.4. The average Bonchev–Trinajstić information content (AvgIpc) is 3.49. The molecule has 1 aliphatic heterocycles. The fraction of sp³-hybridized carbons (Fsp3) is 0.360. The van der Waals surface area contributed by atoms with Gasteiger partial charge in [0, 0.05) is 18.5 Å². The molecule has 2 aromatic carbocycles. The molecule has 34 heavy (non-hydrogen) atoms. The van der Waals surface area contributed by atoms with Gasteiger partial charge in [-0.1, -0.05) is 12.1 Å². The Balaban J connectivity index is 1.26. The van der Waals surface area contributed by atoms with E-state index in [1.54, 1.807) is 0 Å². The summed E-state index contributed by atoms with van der Waals surface area (Å²) in [6.45, 7) is 1.91. The Bertz CT molecular complexity index is 1090. The molecule has 9 heteroatoms. The molecule has 6 nitrogen and oxygen atoms in total. The van der Waals surface area contributed by atoms with E-state index in [-0.39, 0.29) is 17.9 Å². The summed E-state index contributed by atoms with van der Waals surface area (Å²) in [6, 6.07) is 12.2. The van der Waals surface area contributed by atoms with Crippen LogP contribution in [0.5, 0.6) is 5.75 Å². The largest absolute Gasteiger partial charge is 0.493 e. The van der Waals surface area contributed by atoms with Crippen molar-refractivity contribution >= 4 is 5.97 Å². The fourth-order valence-corrected chi connectivity index (χ4v) is 3.97. The highest BCUT2D eigenvalue weighted by atomic mass is 19.4. The van der Waals surface area contributed by atoms with E-state index in [4.69, 9.17) is 13.9 Å². The van der Waals surface area contributed by atoms with Gasteiger partial charge < -0.3 is 13.9 Å². The van der Waals surface area contributed by atoms with E-state index in [9.17, 15) is 18.0 Å². The van der Waals surface area contributed by atoms with Gasteiger partial charge in [0.05, 0.1) is 25.0 Å². The highest BCUT2D eigenvalue weighted by molar-refractivity contribution is 5.76. The molecule has 1 saturated heterocycles. The van der Waals surface area contributed by atoms with E-state index >= 15 is 0 Å². The van der Waals surface area contributed by atoms with E-state index in [0.717, 1.165) is 37.1 Å². The predicted molar refractivity (Wildman–Crippen MR) is 118 cm³/mol. The molecular weight excluding hydrogens is 449 g/mol. The molecule has 0 radical (unpaired) electrons. The minimum Gasteiger partial charge on any atom is -0.493 e. The molecule has 2 heterocycles. The van der Waals surface area contributed by atoms with Crippen molar-refractivity contribution in [1.29, 1.82) is 0 Å². The highest BCUT2D eigenvalue weighted by Gasteiger charge is 2.31. The summed E-state index contributed by atoms with van der Waals surface area (Å²) >= 11 is 0. The van der Waals surface area contributed by atoms with Gasteiger partial charge in [-0.15, -0.1) is 0 Å². The van der Waals surface area contributed by atoms with Gasteiger partial charge in [-0.05, 0) is 61.3 Å². The lowest BCUT2D eigenvalue weighted by atomic mass is 10.1. The summed E-state index contributed by atoms with van der Waals surface area (Å²) in [5, 5.41) is 0. The van der Waals surface area contributed by atoms with Crippen molar-refractivity contribution in [2.75, 3.05) is 20.3 Å². The van der Waals surface area contributed by atoms with E-state index in [1.165, 1.54) is 25.5 Å². The zero-order valence-electron chi connectivity index (χ0n) is 18.7. The third-order valence-electron chi connectivity index (χ3n) is 5.78. The smallest absolute Gasteiger partial charge is 0.416 e. The minimum absolute atomic E-state index is 0.184. The van der Waals surface area contributed by atoms with Crippen molar-refractivity contribution < 1.29 is 31.9 Å². The first kappa shape index (κ1) is 23.8. The van der Waals surface area contributed by atoms with Gasteiger partial charge in [0.15, 0.2) is 0 Å². The number of nitrogens with zero attached hydrogens (tertiary/aromatic N) is 2. The number of hydrogen-bond acceptors (Lipinski definition) is 6. The second-order valence-corrected chi connectivity index (χ2v) is 8.11. The van der Waals surface area contributed by atoms with Crippen LogP contribution in [0.4, 0.5) is 13.2 Å². The van der Waals surface area contributed by atoms with Crippen LogP contribution in [-0.2, 0) is 28.7 Å². The quantitative estimate of drug-likeness (QED) is 0.423. The van der Waals surface area contributed by atoms with E-state index in [1.807, 2.05) is 24.3 Å². The average molecular weight is 474 g/mol. The van der Waals surface area contributed by atoms with Gasteiger partial charge in [-0.2, -0.15) is 13.2 Å². The maximum atomic E-state index is 12.7. The number of carbonyl (C=O) groups is 1.